The van der Waals surface area contributed by atoms with E-state index in [1.807, 2.05) is 24.3 Å². The van der Waals surface area contributed by atoms with Crippen LogP contribution in [-0.4, -0.2) is 50.1 Å². The molecule has 2 amide bonds. The number of nitrogens with zero attached hydrogens (tertiary/aromatic N) is 1. The fraction of sp³-hybridized carbons (Fsp3) is 0.579. The maximum Gasteiger partial charge on any atom is 0.224 e. The van der Waals surface area contributed by atoms with Gasteiger partial charge in [-0.2, -0.15) is 0 Å². The number of ether oxygens (including phenoxy) is 2. The summed E-state index contributed by atoms with van der Waals surface area (Å²) in [6, 6.07) is 7.67. The summed E-state index contributed by atoms with van der Waals surface area (Å²) in [5, 5.41) is 3.04. The predicted molar refractivity (Wildman–Crippen MR) is 93.1 cm³/mol. The Morgan fingerprint density at radius 1 is 1.40 bits per heavy atom. The molecule has 6 nitrogen and oxygen atoms in total. The third-order valence-corrected chi connectivity index (χ3v) is 5.02. The molecule has 2 fully saturated rings. The van der Waals surface area contributed by atoms with Gasteiger partial charge in [-0.05, 0) is 12.5 Å². The van der Waals surface area contributed by atoms with Crippen LogP contribution in [0.5, 0.6) is 5.75 Å². The molecule has 0 aromatic heterocycles. The van der Waals surface area contributed by atoms with E-state index in [0.29, 0.717) is 45.7 Å². The zero-order chi connectivity index (χ0) is 17.9. The number of piperidine rings is 1. The molecule has 1 aromatic rings. The summed E-state index contributed by atoms with van der Waals surface area (Å²) in [5.74, 6) is 0.733. The number of likely N-dealkylation sites (tertiary alicyclic amines) is 1. The van der Waals surface area contributed by atoms with Crippen molar-refractivity contribution in [3.05, 3.63) is 29.8 Å². The average Bonchev–Trinajstić information content (AvgIpc) is 2.60. The maximum absolute atomic E-state index is 12.5. The van der Waals surface area contributed by atoms with Crippen molar-refractivity contribution in [2.24, 2.45) is 11.3 Å². The largest absolute Gasteiger partial charge is 0.496 e. The number of para-hydroxylation sites is 1. The number of methoxy groups -OCH3 is 1. The van der Waals surface area contributed by atoms with Gasteiger partial charge in [0.2, 0.25) is 11.8 Å². The number of hydrogen-bond acceptors (Lipinski definition) is 4. The molecule has 0 saturated carbocycles. The van der Waals surface area contributed by atoms with Gasteiger partial charge in [-0.25, -0.2) is 0 Å². The molecule has 2 aliphatic heterocycles. The van der Waals surface area contributed by atoms with Crippen LogP contribution in [0.4, 0.5) is 0 Å². The predicted octanol–water partition coefficient (Wildman–Crippen LogP) is 1.59. The van der Waals surface area contributed by atoms with Crippen molar-refractivity contribution in [1.82, 2.24) is 10.2 Å². The van der Waals surface area contributed by atoms with Crippen LogP contribution in [0, 0.1) is 11.3 Å². The van der Waals surface area contributed by atoms with E-state index in [2.05, 4.69) is 12.2 Å². The highest BCUT2D eigenvalue weighted by Gasteiger charge is 2.35. The minimum Gasteiger partial charge on any atom is -0.496 e. The van der Waals surface area contributed by atoms with Gasteiger partial charge in [0.25, 0.3) is 0 Å². The van der Waals surface area contributed by atoms with E-state index in [1.165, 1.54) is 0 Å². The molecular formula is C19H26N2O4. The second kappa shape index (κ2) is 7.44. The maximum atomic E-state index is 12.5. The normalized spacial score (nSPS) is 22.2. The van der Waals surface area contributed by atoms with E-state index >= 15 is 0 Å². The van der Waals surface area contributed by atoms with Gasteiger partial charge in [0.05, 0.1) is 26.2 Å². The molecule has 25 heavy (non-hydrogen) atoms. The van der Waals surface area contributed by atoms with E-state index in [0.717, 1.165) is 11.3 Å². The Labute approximate surface area is 148 Å². The fourth-order valence-corrected chi connectivity index (χ4v) is 3.32. The van der Waals surface area contributed by atoms with Crippen molar-refractivity contribution >= 4 is 11.8 Å². The summed E-state index contributed by atoms with van der Waals surface area (Å²) in [4.78, 5) is 26.5. The molecule has 2 heterocycles. The van der Waals surface area contributed by atoms with Gasteiger partial charge in [0.15, 0.2) is 0 Å². The summed E-state index contributed by atoms with van der Waals surface area (Å²) >= 11 is 0. The number of carbonyl (C=O) groups is 2. The third-order valence-electron chi connectivity index (χ3n) is 5.02. The molecule has 0 bridgehead atoms. The highest BCUT2D eigenvalue weighted by molar-refractivity contribution is 5.83. The molecule has 2 saturated heterocycles. The lowest BCUT2D eigenvalue weighted by Crippen LogP contribution is -2.51. The number of hydrogen-bond donors (Lipinski definition) is 1. The standard InChI is InChI=1S/C19H26N2O4/c1-19(12-25-13-19)11-20-18(23)15-7-8-17(22)21(10-15)9-14-5-3-4-6-16(14)24-2/h3-6,15H,7-13H2,1-2H3,(H,20,23)/t15-/m0/s1. The first-order valence-electron chi connectivity index (χ1n) is 8.76. The van der Waals surface area contributed by atoms with E-state index in [-0.39, 0.29) is 23.1 Å². The Morgan fingerprint density at radius 3 is 2.84 bits per heavy atom. The van der Waals surface area contributed by atoms with Crippen LogP contribution in [0.1, 0.15) is 25.3 Å². The molecule has 0 radical (unpaired) electrons. The zero-order valence-electron chi connectivity index (χ0n) is 14.9. The van der Waals surface area contributed by atoms with E-state index in [9.17, 15) is 9.59 Å². The lowest BCUT2D eigenvalue weighted by molar-refractivity contribution is -0.140. The second-order valence-electron chi connectivity index (χ2n) is 7.34. The molecule has 1 aromatic carbocycles. The fourth-order valence-electron chi connectivity index (χ4n) is 3.32. The second-order valence-corrected chi connectivity index (χ2v) is 7.34. The lowest BCUT2D eigenvalue weighted by atomic mass is 9.88. The van der Waals surface area contributed by atoms with Crippen LogP contribution in [0.25, 0.3) is 0 Å². The molecular weight excluding hydrogens is 320 g/mol. The summed E-state index contributed by atoms with van der Waals surface area (Å²) in [7, 11) is 1.62. The molecule has 136 valence electrons. The van der Waals surface area contributed by atoms with Gasteiger partial charge in [0.1, 0.15) is 5.75 Å². The van der Waals surface area contributed by atoms with Gasteiger partial charge >= 0.3 is 0 Å². The van der Waals surface area contributed by atoms with Crippen molar-refractivity contribution in [3.8, 4) is 5.75 Å². The van der Waals surface area contributed by atoms with Crippen LogP contribution in [0.2, 0.25) is 0 Å². The van der Waals surface area contributed by atoms with Crippen LogP contribution in [-0.2, 0) is 20.9 Å². The Bertz CT molecular complexity index is 642. The quantitative estimate of drug-likeness (QED) is 0.849. The summed E-state index contributed by atoms with van der Waals surface area (Å²) < 4.78 is 10.6. The molecule has 2 aliphatic rings. The first-order valence-corrected chi connectivity index (χ1v) is 8.76. The molecule has 6 heteroatoms. The van der Waals surface area contributed by atoms with Gasteiger partial charge in [0, 0.05) is 37.0 Å². The van der Waals surface area contributed by atoms with E-state index < -0.39 is 0 Å². The summed E-state index contributed by atoms with van der Waals surface area (Å²) in [5.41, 5.74) is 1.01. The van der Waals surface area contributed by atoms with Gasteiger partial charge in [-0.15, -0.1) is 0 Å². The number of benzene rings is 1. The van der Waals surface area contributed by atoms with Gasteiger partial charge < -0.3 is 19.7 Å². The number of rotatable bonds is 6. The van der Waals surface area contributed by atoms with E-state index in [4.69, 9.17) is 9.47 Å². The zero-order valence-corrected chi connectivity index (χ0v) is 14.9. The topological polar surface area (TPSA) is 67.9 Å². The van der Waals surface area contributed by atoms with Crippen LogP contribution < -0.4 is 10.1 Å². The van der Waals surface area contributed by atoms with Crippen molar-refractivity contribution in [2.45, 2.75) is 26.3 Å². The Hall–Kier alpha value is -2.08. The smallest absolute Gasteiger partial charge is 0.224 e. The van der Waals surface area contributed by atoms with E-state index in [1.54, 1.807) is 12.0 Å². The molecule has 0 spiro atoms. The van der Waals surface area contributed by atoms with Crippen LogP contribution >= 0.6 is 0 Å². The summed E-state index contributed by atoms with van der Waals surface area (Å²) in [6.45, 7) is 5.04. The molecule has 1 N–H and O–H groups in total. The number of nitrogens with one attached hydrogen (secondary N) is 1. The minimum atomic E-state index is -0.156. The van der Waals surface area contributed by atoms with Gasteiger partial charge in [-0.1, -0.05) is 25.1 Å². The van der Waals surface area contributed by atoms with Crippen molar-refractivity contribution < 1.29 is 19.1 Å². The Kier molecular flexibility index (Phi) is 5.27. The Balaban J connectivity index is 1.59. The third kappa shape index (κ3) is 4.12. The highest BCUT2D eigenvalue weighted by Crippen LogP contribution is 2.27. The monoisotopic (exact) mass is 346 g/mol. The van der Waals surface area contributed by atoms with Crippen molar-refractivity contribution in [2.75, 3.05) is 33.4 Å². The number of amides is 2. The first-order chi connectivity index (χ1) is 12.0. The minimum absolute atomic E-state index is 0.0330. The highest BCUT2D eigenvalue weighted by atomic mass is 16.5. The van der Waals surface area contributed by atoms with Gasteiger partial charge in [-0.3, -0.25) is 9.59 Å². The Morgan fingerprint density at radius 2 is 2.16 bits per heavy atom. The van der Waals surface area contributed by atoms with Crippen LogP contribution in [0.3, 0.4) is 0 Å². The molecule has 3 rings (SSSR count). The summed E-state index contributed by atoms with van der Waals surface area (Å²) in [6.07, 6.45) is 1.02. The number of carbonyl (C=O) groups excluding carboxylic acids is 2. The molecule has 1 atom stereocenters. The first kappa shape index (κ1) is 17.7. The molecule has 0 unspecified atom stereocenters. The van der Waals surface area contributed by atoms with Crippen molar-refractivity contribution in [3.63, 3.8) is 0 Å². The van der Waals surface area contributed by atoms with Crippen molar-refractivity contribution in [1.29, 1.82) is 0 Å². The SMILES string of the molecule is COc1ccccc1CN1C[C@@H](C(=O)NCC2(C)COC2)CCC1=O. The lowest BCUT2D eigenvalue weighted by Gasteiger charge is -2.39. The van der Waals surface area contributed by atoms with Crippen LogP contribution in [0.15, 0.2) is 24.3 Å². The molecule has 0 aliphatic carbocycles. The average molecular weight is 346 g/mol.